The zero-order valence-corrected chi connectivity index (χ0v) is 27.4. The van der Waals surface area contributed by atoms with E-state index in [1.54, 1.807) is 30.4 Å². The van der Waals surface area contributed by atoms with E-state index >= 15 is 0 Å². The fourth-order valence-electron chi connectivity index (χ4n) is 7.40. The molecule has 2 N–H and O–H groups in total. The minimum absolute atomic E-state index is 0.170. The minimum atomic E-state index is -3.93. The number of ether oxygens (including phenoxy) is 1. The van der Waals surface area contributed by atoms with Gasteiger partial charge in [-0.15, -0.1) is 13.2 Å². The Bertz CT molecular complexity index is 1510. The van der Waals surface area contributed by atoms with Crippen LogP contribution in [0.3, 0.4) is 0 Å². The molecule has 238 valence electrons. The molecule has 5 atom stereocenters. The van der Waals surface area contributed by atoms with Gasteiger partial charge in [0.05, 0.1) is 23.6 Å². The molecule has 1 aliphatic heterocycles. The number of halogens is 1. The van der Waals surface area contributed by atoms with E-state index in [1.807, 2.05) is 19.9 Å². The fourth-order valence-corrected chi connectivity index (χ4v) is 9.23. The summed E-state index contributed by atoms with van der Waals surface area (Å²) in [5.41, 5.74) is 3.23. The van der Waals surface area contributed by atoms with Crippen LogP contribution >= 0.6 is 11.6 Å². The molecular weight excluding hydrogens is 596 g/mol. The van der Waals surface area contributed by atoms with Gasteiger partial charge in [0.25, 0.3) is 5.91 Å². The number of nitrogens with zero attached hydrogens (tertiary/aromatic N) is 1. The van der Waals surface area contributed by atoms with Gasteiger partial charge in [0, 0.05) is 29.1 Å². The van der Waals surface area contributed by atoms with Gasteiger partial charge in [0.1, 0.15) is 5.75 Å². The number of anilines is 1. The third kappa shape index (κ3) is 6.58. The lowest BCUT2D eigenvalue weighted by Gasteiger charge is -2.45. The van der Waals surface area contributed by atoms with Crippen LogP contribution in [0, 0.1) is 17.8 Å². The van der Waals surface area contributed by atoms with Crippen molar-refractivity contribution in [2.24, 2.45) is 17.8 Å². The van der Waals surface area contributed by atoms with Crippen LogP contribution in [-0.2, 0) is 21.9 Å². The molecule has 0 bridgehead atoms. The van der Waals surface area contributed by atoms with Gasteiger partial charge in [0.2, 0.25) is 10.0 Å². The molecule has 1 amide bonds. The quantitative estimate of drug-likeness (QED) is 0.275. The van der Waals surface area contributed by atoms with Crippen LogP contribution in [0.4, 0.5) is 5.69 Å². The first-order valence-corrected chi connectivity index (χ1v) is 17.7. The van der Waals surface area contributed by atoms with E-state index in [-0.39, 0.29) is 35.2 Å². The SMILES string of the molecule is C=CC[C@H](O)[C@@H]1CC[C@H]1CN1C[C@@]2(CCCc3cc(Cl)ccc32)COc2ccc(C(=O)NS(=O)(=O)[C@@H](CC=C)C(C)C)cc21. The number of aryl methyl sites for hydroxylation is 1. The van der Waals surface area contributed by atoms with E-state index < -0.39 is 27.3 Å². The van der Waals surface area contributed by atoms with Gasteiger partial charge in [-0.1, -0.05) is 43.7 Å². The number of hydrogen-bond donors (Lipinski definition) is 2. The molecule has 1 saturated carbocycles. The normalized spacial score (nSPS) is 24.2. The first-order valence-electron chi connectivity index (χ1n) is 15.7. The van der Waals surface area contributed by atoms with Crippen LogP contribution in [0.2, 0.25) is 5.02 Å². The summed E-state index contributed by atoms with van der Waals surface area (Å²) in [5, 5.41) is 10.8. The Kier molecular flexibility index (Phi) is 9.83. The lowest BCUT2D eigenvalue weighted by molar-refractivity contribution is 0.0178. The van der Waals surface area contributed by atoms with Gasteiger partial charge < -0.3 is 14.7 Å². The van der Waals surface area contributed by atoms with Crippen molar-refractivity contribution >= 4 is 33.2 Å². The number of aliphatic hydroxyl groups is 1. The average molecular weight is 641 g/mol. The van der Waals surface area contributed by atoms with Crippen LogP contribution in [0.25, 0.3) is 0 Å². The number of aliphatic hydroxyl groups excluding tert-OH is 1. The number of allylic oxidation sites excluding steroid dienone is 1. The lowest BCUT2D eigenvalue weighted by atomic mass is 9.68. The Morgan fingerprint density at radius 3 is 2.64 bits per heavy atom. The smallest absolute Gasteiger partial charge is 0.264 e. The van der Waals surface area contributed by atoms with E-state index in [4.69, 9.17) is 16.3 Å². The second kappa shape index (κ2) is 13.3. The molecule has 1 heterocycles. The molecule has 5 rings (SSSR count). The van der Waals surface area contributed by atoms with Crippen LogP contribution in [0.15, 0.2) is 61.7 Å². The summed E-state index contributed by atoms with van der Waals surface area (Å²) in [6.07, 6.45) is 8.60. The summed E-state index contributed by atoms with van der Waals surface area (Å²) in [7, 11) is -3.93. The second-order valence-electron chi connectivity index (χ2n) is 13.2. The maximum atomic E-state index is 13.4. The number of rotatable bonds is 11. The molecule has 0 unspecified atom stereocenters. The predicted octanol–water partition coefficient (Wildman–Crippen LogP) is 6.44. The van der Waals surface area contributed by atoms with E-state index in [0.29, 0.717) is 31.9 Å². The molecule has 2 aromatic rings. The third-order valence-electron chi connectivity index (χ3n) is 9.91. The third-order valence-corrected chi connectivity index (χ3v) is 12.1. The number of fused-ring (bicyclic) bond motifs is 3. The number of sulfonamides is 1. The molecule has 0 saturated heterocycles. The highest BCUT2D eigenvalue weighted by molar-refractivity contribution is 7.90. The average Bonchev–Trinajstić information content (AvgIpc) is 3.10. The van der Waals surface area contributed by atoms with E-state index in [9.17, 15) is 18.3 Å². The number of amides is 1. The number of benzene rings is 2. The van der Waals surface area contributed by atoms with E-state index in [2.05, 4.69) is 34.9 Å². The minimum Gasteiger partial charge on any atom is -0.490 e. The van der Waals surface area contributed by atoms with Crippen molar-refractivity contribution in [1.29, 1.82) is 0 Å². The number of carbonyl (C=O) groups is 1. The zero-order chi connectivity index (χ0) is 31.6. The molecule has 2 aromatic carbocycles. The second-order valence-corrected chi connectivity index (χ2v) is 15.5. The number of hydrogen-bond acceptors (Lipinski definition) is 6. The van der Waals surface area contributed by atoms with Crippen molar-refractivity contribution in [3.05, 3.63) is 83.4 Å². The highest BCUT2D eigenvalue weighted by Gasteiger charge is 2.44. The van der Waals surface area contributed by atoms with Crippen LogP contribution in [0.5, 0.6) is 5.75 Å². The van der Waals surface area contributed by atoms with Crippen LogP contribution < -0.4 is 14.4 Å². The maximum Gasteiger partial charge on any atom is 0.264 e. The van der Waals surface area contributed by atoms with Gasteiger partial charge >= 0.3 is 0 Å². The van der Waals surface area contributed by atoms with Crippen molar-refractivity contribution in [3.63, 3.8) is 0 Å². The van der Waals surface area contributed by atoms with Gasteiger partial charge in [0.15, 0.2) is 0 Å². The number of nitrogens with one attached hydrogen (secondary N) is 1. The van der Waals surface area contributed by atoms with E-state index in [1.165, 1.54) is 11.1 Å². The molecule has 1 fully saturated rings. The standard InChI is InChI=1S/C35H45ClN2O5S/c1-5-8-31(39)28-14-11-26(28)20-38-21-35(17-7-10-24-18-27(36)13-15-29(24)35)22-43-32-16-12-25(19-30(32)38)34(40)37-44(41,42)33(9-6-2)23(3)4/h5-6,12-13,15-16,18-19,23,26,28,31,33,39H,1-2,7-11,14,17,20-22H2,3-4H3,(H,37,40)/t26-,28+,31-,33-,35-/m0/s1. The highest BCUT2D eigenvalue weighted by Crippen LogP contribution is 2.46. The lowest BCUT2D eigenvalue weighted by Crippen LogP contribution is -2.49. The van der Waals surface area contributed by atoms with Crippen LogP contribution in [0.1, 0.15) is 73.9 Å². The fraction of sp³-hybridized carbons (Fsp3) is 0.514. The Morgan fingerprint density at radius 2 is 1.95 bits per heavy atom. The van der Waals surface area contributed by atoms with Crippen molar-refractivity contribution in [2.45, 2.75) is 75.6 Å². The molecule has 3 aliphatic rings. The summed E-state index contributed by atoms with van der Waals surface area (Å²) in [4.78, 5) is 15.7. The molecule has 2 aliphatic carbocycles. The number of carbonyl (C=O) groups excluding carboxylic acids is 1. The predicted molar refractivity (Wildman–Crippen MR) is 177 cm³/mol. The first kappa shape index (κ1) is 32.6. The topological polar surface area (TPSA) is 95.9 Å². The summed E-state index contributed by atoms with van der Waals surface area (Å²) >= 11 is 6.39. The molecule has 0 aromatic heterocycles. The largest absolute Gasteiger partial charge is 0.490 e. The van der Waals surface area contributed by atoms with Gasteiger partial charge in [-0.05, 0) is 104 Å². The van der Waals surface area contributed by atoms with E-state index in [0.717, 1.165) is 42.8 Å². The molecule has 7 nitrogen and oxygen atoms in total. The zero-order valence-electron chi connectivity index (χ0n) is 25.8. The Morgan fingerprint density at radius 1 is 1.18 bits per heavy atom. The van der Waals surface area contributed by atoms with Crippen molar-refractivity contribution in [2.75, 3.05) is 24.6 Å². The summed E-state index contributed by atoms with van der Waals surface area (Å²) in [6.45, 7) is 13.0. The molecule has 44 heavy (non-hydrogen) atoms. The van der Waals surface area contributed by atoms with Gasteiger partial charge in [-0.25, -0.2) is 13.1 Å². The Balaban J connectivity index is 1.50. The maximum absolute atomic E-state index is 13.4. The monoisotopic (exact) mass is 640 g/mol. The van der Waals surface area contributed by atoms with Gasteiger partial charge in [-0.2, -0.15) is 0 Å². The summed E-state index contributed by atoms with van der Waals surface area (Å²) < 4.78 is 35.2. The van der Waals surface area contributed by atoms with Crippen molar-refractivity contribution in [1.82, 2.24) is 4.72 Å². The molecule has 9 heteroatoms. The van der Waals surface area contributed by atoms with Crippen molar-refractivity contribution in [3.8, 4) is 5.75 Å². The van der Waals surface area contributed by atoms with Crippen LogP contribution in [-0.4, -0.2) is 50.5 Å². The first-order chi connectivity index (χ1) is 21.0. The van der Waals surface area contributed by atoms with Crippen molar-refractivity contribution < 1.29 is 23.1 Å². The molecule has 0 radical (unpaired) electrons. The van der Waals surface area contributed by atoms with Gasteiger partial charge in [-0.3, -0.25) is 4.79 Å². The summed E-state index contributed by atoms with van der Waals surface area (Å²) in [6, 6.07) is 11.3. The molecular formula is C35H45ClN2O5S. The molecule has 1 spiro atoms. The summed E-state index contributed by atoms with van der Waals surface area (Å²) in [5.74, 6) is 0.248. The highest BCUT2D eigenvalue weighted by atomic mass is 35.5. The Labute approximate surface area is 267 Å². The Hall–Kier alpha value is -2.81.